The molecule has 5 heteroatoms. The van der Waals surface area contributed by atoms with E-state index in [1.54, 1.807) is 12.1 Å². The van der Waals surface area contributed by atoms with Crippen molar-refractivity contribution in [2.75, 3.05) is 14.2 Å². The maximum Gasteiger partial charge on any atom is 0.337 e. The number of aromatic nitrogens is 1. The molecule has 5 nitrogen and oxygen atoms in total. The van der Waals surface area contributed by atoms with Crippen LogP contribution in [0.5, 0.6) is 0 Å². The number of carbonyl (C=O) groups excluding carboxylic acids is 2. The topological polar surface area (TPSA) is 57.5 Å². The van der Waals surface area contributed by atoms with Crippen molar-refractivity contribution in [2.24, 2.45) is 0 Å². The Morgan fingerprint density at radius 2 is 1.95 bits per heavy atom. The molecule has 0 aliphatic heterocycles. The molecule has 0 atom stereocenters. The van der Waals surface area contributed by atoms with Crippen LogP contribution in [0.2, 0.25) is 0 Å². The summed E-state index contributed by atoms with van der Waals surface area (Å²) in [5.74, 6) is -0.564. The van der Waals surface area contributed by atoms with Crippen LogP contribution in [-0.2, 0) is 20.8 Å². The Hall–Kier alpha value is -2.30. The lowest BCUT2D eigenvalue weighted by Gasteiger charge is -2.06. The lowest BCUT2D eigenvalue weighted by atomic mass is 10.1. The molecular weight excluding hydrogens is 258 g/mol. The van der Waals surface area contributed by atoms with Crippen molar-refractivity contribution >= 4 is 22.8 Å². The fourth-order valence-electron chi connectivity index (χ4n) is 2.12. The normalized spacial score (nSPS) is 10.5. The number of fused-ring (bicyclic) bond motifs is 1. The summed E-state index contributed by atoms with van der Waals surface area (Å²) in [6.07, 6.45) is 3.02. The second-order valence-electron chi connectivity index (χ2n) is 4.45. The van der Waals surface area contributed by atoms with Crippen molar-refractivity contribution in [3.63, 3.8) is 0 Å². The summed E-state index contributed by atoms with van der Waals surface area (Å²) in [5, 5.41) is 1.05. The molecule has 106 valence electrons. The van der Waals surface area contributed by atoms with Crippen LogP contribution in [0.1, 0.15) is 23.2 Å². The molecule has 0 aliphatic rings. The standard InChI is InChI=1S/C15H17NO4/c1-19-14(17)4-3-8-16-9-7-11-5-6-12(10-13(11)16)15(18)20-2/h5-7,9-10H,3-4,8H2,1-2H3. The van der Waals surface area contributed by atoms with Crippen molar-refractivity contribution in [1.82, 2.24) is 4.57 Å². The number of aryl methyl sites for hydroxylation is 1. The first-order chi connectivity index (χ1) is 9.65. The number of methoxy groups -OCH3 is 2. The van der Waals surface area contributed by atoms with Gasteiger partial charge >= 0.3 is 11.9 Å². The van der Waals surface area contributed by atoms with Gasteiger partial charge in [-0.3, -0.25) is 4.79 Å². The number of carbonyl (C=O) groups is 2. The highest BCUT2D eigenvalue weighted by Gasteiger charge is 2.09. The van der Waals surface area contributed by atoms with Crippen LogP contribution >= 0.6 is 0 Å². The van der Waals surface area contributed by atoms with E-state index in [1.807, 2.05) is 22.9 Å². The average molecular weight is 275 g/mol. The number of hydrogen-bond donors (Lipinski definition) is 0. The molecule has 0 spiro atoms. The lowest BCUT2D eigenvalue weighted by molar-refractivity contribution is -0.140. The van der Waals surface area contributed by atoms with Crippen LogP contribution in [0.3, 0.4) is 0 Å². The predicted molar refractivity (Wildman–Crippen MR) is 74.5 cm³/mol. The fraction of sp³-hybridized carbons (Fsp3) is 0.333. The van der Waals surface area contributed by atoms with E-state index < -0.39 is 0 Å². The summed E-state index contributed by atoms with van der Waals surface area (Å²) in [6.45, 7) is 0.698. The minimum absolute atomic E-state index is 0.211. The number of nitrogens with zero attached hydrogens (tertiary/aromatic N) is 1. The zero-order valence-corrected chi connectivity index (χ0v) is 11.6. The molecule has 0 fully saturated rings. The smallest absolute Gasteiger partial charge is 0.337 e. The van der Waals surface area contributed by atoms with Gasteiger partial charge in [0.05, 0.1) is 19.8 Å². The third kappa shape index (κ3) is 2.99. The van der Waals surface area contributed by atoms with E-state index in [-0.39, 0.29) is 11.9 Å². The molecule has 0 saturated heterocycles. The van der Waals surface area contributed by atoms with Gasteiger partial charge in [0.15, 0.2) is 0 Å². The first-order valence-corrected chi connectivity index (χ1v) is 6.39. The molecule has 1 heterocycles. The second-order valence-corrected chi connectivity index (χ2v) is 4.45. The summed E-state index contributed by atoms with van der Waals surface area (Å²) in [4.78, 5) is 22.6. The summed E-state index contributed by atoms with van der Waals surface area (Å²) in [7, 11) is 2.75. The maximum absolute atomic E-state index is 11.5. The Morgan fingerprint density at radius 1 is 1.15 bits per heavy atom. The van der Waals surface area contributed by atoms with Gasteiger partial charge in [-0.05, 0) is 30.0 Å². The Labute approximate surface area is 117 Å². The maximum atomic E-state index is 11.5. The van der Waals surface area contributed by atoms with Gasteiger partial charge < -0.3 is 14.0 Å². The highest BCUT2D eigenvalue weighted by molar-refractivity contribution is 5.94. The summed E-state index contributed by atoms with van der Waals surface area (Å²) >= 11 is 0. The number of ether oxygens (including phenoxy) is 2. The third-order valence-electron chi connectivity index (χ3n) is 3.20. The Bertz CT molecular complexity index is 630. The third-order valence-corrected chi connectivity index (χ3v) is 3.20. The van der Waals surface area contributed by atoms with Gasteiger partial charge in [-0.15, -0.1) is 0 Å². The molecule has 0 radical (unpaired) electrons. The zero-order valence-electron chi connectivity index (χ0n) is 11.6. The van der Waals surface area contributed by atoms with Crippen LogP contribution in [0, 0.1) is 0 Å². The fourth-order valence-corrected chi connectivity index (χ4v) is 2.12. The van der Waals surface area contributed by atoms with E-state index in [2.05, 4.69) is 4.74 Å². The highest BCUT2D eigenvalue weighted by atomic mass is 16.5. The lowest BCUT2D eigenvalue weighted by Crippen LogP contribution is -2.04. The number of benzene rings is 1. The van der Waals surface area contributed by atoms with Gasteiger partial charge in [0.1, 0.15) is 0 Å². The summed E-state index contributed by atoms with van der Waals surface area (Å²) in [6, 6.07) is 7.42. The molecule has 1 aromatic carbocycles. The van der Waals surface area contributed by atoms with Gasteiger partial charge in [-0.2, -0.15) is 0 Å². The molecular formula is C15H17NO4. The molecule has 0 bridgehead atoms. The van der Waals surface area contributed by atoms with Crippen molar-refractivity contribution < 1.29 is 19.1 Å². The van der Waals surface area contributed by atoms with Crippen molar-refractivity contribution in [3.8, 4) is 0 Å². The summed E-state index contributed by atoms with van der Waals surface area (Å²) < 4.78 is 11.4. The van der Waals surface area contributed by atoms with E-state index in [4.69, 9.17) is 4.74 Å². The SMILES string of the molecule is COC(=O)CCCn1ccc2ccc(C(=O)OC)cc21. The van der Waals surface area contributed by atoms with Crippen LogP contribution < -0.4 is 0 Å². The van der Waals surface area contributed by atoms with Crippen LogP contribution in [0.15, 0.2) is 30.5 Å². The quantitative estimate of drug-likeness (QED) is 0.786. The Balaban J connectivity index is 2.17. The second kappa shape index (κ2) is 6.23. The molecule has 0 amide bonds. The Kier molecular flexibility index (Phi) is 4.40. The molecule has 20 heavy (non-hydrogen) atoms. The minimum atomic E-state index is -0.353. The predicted octanol–water partition coefficient (Wildman–Crippen LogP) is 2.38. The first kappa shape index (κ1) is 14.1. The van der Waals surface area contributed by atoms with E-state index in [1.165, 1.54) is 14.2 Å². The highest BCUT2D eigenvalue weighted by Crippen LogP contribution is 2.19. The molecule has 2 aromatic rings. The Morgan fingerprint density at radius 3 is 2.65 bits per heavy atom. The number of esters is 2. The summed E-state index contributed by atoms with van der Waals surface area (Å²) in [5.41, 5.74) is 1.48. The molecule has 2 rings (SSSR count). The average Bonchev–Trinajstić information content (AvgIpc) is 2.88. The van der Waals surface area contributed by atoms with Crippen molar-refractivity contribution in [2.45, 2.75) is 19.4 Å². The van der Waals surface area contributed by atoms with Gasteiger partial charge in [0.2, 0.25) is 0 Å². The largest absolute Gasteiger partial charge is 0.469 e. The molecule has 1 aromatic heterocycles. The van der Waals surface area contributed by atoms with E-state index in [0.29, 0.717) is 24.9 Å². The van der Waals surface area contributed by atoms with Gasteiger partial charge in [0, 0.05) is 24.7 Å². The molecule has 0 aliphatic carbocycles. The van der Waals surface area contributed by atoms with Crippen LogP contribution in [0.4, 0.5) is 0 Å². The van der Waals surface area contributed by atoms with Crippen LogP contribution in [-0.4, -0.2) is 30.7 Å². The minimum Gasteiger partial charge on any atom is -0.469 e. The number of rotatable bonds is 5. The van der Waals surface area contributed by atoms with E-state index in [0.717, 1.165) is 10.9 Å². The van der Waals surface area contributed by atoms with Gasteiger partial charge in [-0.1, -0.05) is 6.07 Å². The first-order valence-electron chi connectivity index (χ1n) is 6.39. The van der Waals surface area contributed by atoms with Gasteiger partial charge in [-0.25, -0.2) is 4.79 Å². The van der Waals surface area contributed by atoms with Crippen molar-refractivity contribution in [3.05, 3.63) is 36.0 Å². The number of hydrogen-bond acceptors (Lipinski definition) is 4. The monoisotopic (exact) mass is 275 g/mol. The molecule has 0 unspecified atom stereocenters. The van der Waals surface area contributed by atoms with Gasteiger partial charge in [0.25, 0.3) is 0 Å². The van der Waals surface area contributed by atoms with Crippen molar-refractivity contribution in [1.29, 1.82) is 0 Å². The van der Waals surface area contributed by atoms with E-state index in [9.17, 15) is 9.59 Å². The molecule has 0 saturated carbocycles. The molecule has 0 N–H and O–H groups in total. The zero-order chi connectivity index (χ0) is 14.5. The van der Waals surface area contributed by atoms with Crippen LogP contribution in [0.25, 0.3) is 10.9 Å². The van der Waals surface area contributed by atoms with E-state index >= 15 is 0 Å².